The molecule has 2 aromatic rings. The number of carbonyl (C=O) groups is 1. The fourth-order valence-corrected chi connectivity index (χ4v) is 3.23. The molecule has 152 valence electrons. The molecule has 1 amide bonds. The summed E-state index contributed by atoms with van der Waals surface area (Å²) in [5.74, 6) is -0.129. The second kappa shape index (κ2) is 9.92. The number of rotatable bonds is 9. The third-order valence-corrected chi connectivity index (χ3v) is 4.82. The Kier molecular flexibility index (Phi) is 7.61. The summed E-state index contributed by atoms with van der Waals surface area (Å²) in [7, 11) is 0. The Morgan fingerprint density at radius 1 is 1.18 bits per heavy atom. The number of nitrogens with zero attached hydrogens (tertiary/aromatic N) is 2. The topological polar surface area (TPSA) is 101 Å². The highest BCUT2D eigenvalue weighted by atomic mass is 16.2. The van der Waals surface area contributed by atoms with Crippen molar-refractivity contribution in [2.24, 2.45) is 0 Å². The van der Waals surface area contributed by atoms with Crippen LogP contribution in [0.25, 0.3) is 0 Å². The molecule has 0 aliphatic carbocycles. The van der Waals surface area contributed by atoms with E-state index in [2.05, 4.69) is 4.98 Å². The molecule has 0 aliphatic heterocycles. The lowest BCUT2D eigenvalue weighted by Crippen LogP contribution is -2.42. The molecule has 1 atom stereocenters. The number of aromatic nitrogens is 2. The third kappa shape index (κ3) is 4.91. The first-order valence-electron chi connectivity index (χ1n) is 9.88. The van der Waals surface area contributed by atoms with E-state index < -0.39 is 11.2 Å². The van der Waals surface area contributed by atoms with Gasteiger partial charge in [0.25, 0.3) is 5.56 Å². The van der Waals surface area contributed by atoms with E-state index >= 15 is 0 Å². The Hall–Kier alpha value is -2.83. The molecule has 0 aliphatic rings. The lowest BCUT2D eigenvalue weighted by Gasteiger charge is -2.25. The Balaban J connectivity index is 2.40. The zero-order valence-corrected chi connectivity index (χ0v) is 16.9. The third-order valence-electron chi connectivity index (χ3n) is 4.82. The van der Waals surface area contributed by atoms with E-state index in [1.807, 2.05) is 51.1 Å². The first-order valence-corrected chi connectivity index (χ1v) is 9.88. The van der Waals surface area contributed by atoms with Gasteiger partial charge in [0, 0.05) is 19.5 Å². The molecule has 0 saturated heterocycles. The minimum absolute atomic E-state index is 0.000297. The van der Waals surface area contributed by atoms with Gasteiger partial charge in [-0.2, -0.15) is 0 Å². The summed E-state index contributed by atoms with van der Waals surface area (Å²) in [5.41, 5.74) is 6.14. The van der Waals surface area contributed by atoms with Crippen LogP contribution in [0.3, 0.4) is 0 Å². The van der Waals surface area contributed by atoms with Gasteiger partial charge in [-0.1, -0.05) is 57.5 Å². The van der Waals surface area contributed by atoms with Crippen molar-refractivity contribution in [3.63, 3.8) is 0 Å². The summed E-state index contributed by atoms with van der Waals surface area (Å²) >= 11 is 0. The normalized spacial score (nSPS) is 12.0. The van der Waals surface area contributed by atoms with Gasteiger partial charge in [-0.15, -0.1) is 0 Å². The van der Waals surface area contributed by atoms with Gasteiger partial charge in [0.2, 0.25) is 5.91 Å². The predicted molar refractivity (Wildman–Crippen MR) is 113 cm³/mol. The number of unbranched alkanes of at least 4 members (excludes halogenated alkanes) is 1. The van der Waals surface area contributed by atoms with Crippen LogP contribution in [0.2, 0.25) is 0 Å². The van der Waals surface area contributed by atoms with Crippen LogP contribution in [-0.2, 0) is 11.3 Å². The van der Waals surface area contributed by atoms with Crippen LogP contribution in [0.1, 0.15) is 57.9 Å². The Morgan fingerprint density at radius 2 is 1.86 bits per heavy atom. The second-order valence-electron chi connectivity index (χ2n) is 7.06. The first kappa shape index (κ1) is 21.5. The molecule has 0 unspecified atom stereocenters. The minimum atomic E-state index is -0.619. The molecule has 7 heteroatoms. The average molecular weight is 386 g/mol. The Morgan fingerprint density at radius 3 is 2.46 bits per heavy atom. The van der Waals surface area contributed by atoms with Gasteiger partial charge in [0.15, 0.2) is 5.69 Å². The number of nitrogens with two attached hydrogens (primary N) is 1. The largest absolute Gasteiger partial charge is 0.383 e. The summed E-state index contributed by atoms with van der Waals surface area (Å²) < 4.78 is 1.32. The van der Waals surface area contributed by atoms with Crippen LogP contribution in [0, 0.1) is 0 Å². The molecule has 1 heterocycles. The summed E-state index contributed by atoms with van der Waals surface area (Å²) in [6.07, 6.45) is 2.53. The van der Waals surface area contributed by atoms with E-state index in [0.29, 0.717) is 19.5 Å². The van der Waals surface area contributed by atoms with E-state index in [0.717, 1.165) is 18.4 Å². The van der Waals surface area contributed by atoms with Crippen LogP contribution in [-0.4, -0.2) is 22.0 Å². The number of amides is 1. The Labute approximate surface area is 165 Å². The lowest BCUT2D eigenvalue weighted by atomic mass is 9.97. The molecule has 1 aromatic carbocycles. The maximum Gasteiger partial charge on any atom is 0.330 e. The van der Waals surface area contributed by atoms with E-state index in [9.17, 15) is 14.4 Å². The highest BCUT2D eigenvalue weighted by Crippen LogP contribution is 2.24. The zero-order valence-electron chi connectivity index (χ0n) is 16.9. The lowest BCUT2D eigenvalue weighted by molar-refractivity contribution is -0.119. The van der Waals surface area contributed by atoms with Crippen molar-refractivity contribution in [1.82, 2.24) is 9.55 Å². The standard InChI is InChI=1S/C21H30N4O3/c1-4-6-13-24(17(26)14-15(3)16-10-8-7-9-11-16)18-19(22)25(12-5-2)21(28)23-20(18)27/h7-11,15H,4-6,12-14,22H2,1-3H3,(H,23,27,28)/t15-/m1/s1. The van der Waals surface area contributed by atoms with Gasteiger partial charge in [0.05, 0.1) is 0 Å². The van der Waals surface area contributed by atoms with Crippen molar-refractivity contribution in [2.45, 2.75) is 58.9 Å². The SMILES string of the molecule is CCCCN(C(=O)C[C@@H](C)c1ccccc1)c1c(N)n(CCC)c(=O)[nH]c1=O. The van der Waals surface area contributed by atoms with Crippen LogP contribution in [0.15, 0.2) is 39.9 Å². The molecular weight excluding hydrogens is 356 g/mol. The van der Waals surface area contributed by atoms with Gasteiger partial charge >= 0.3 is 5.69 Å². The number of hydrogen-bond acceptors (Lipinski definition) is 4. The number of benzene rings is 1. The van der Waals surface area contributed by atoms with Crippen LogP contribution >= 0.6 is 0 Å². The molecule has 0 spiro atoms. The minimum Gasteiger partial charge on any atom is -0.383 e. The number of H-pyrrole nitrogens is 1. The highest BCUT2D eigenvalue weighted by Gasteiger charge is 2.25. The summed E-state index contributed by atoms with van der Waals surface area (Å²) in [5, 5.41) is 0. The molecule has 2 rings (SSSR count). The monoisotopic (exact) mass is 386 g/mol. The fraction of sp³-hybridized carbons (Fsp3) is 0.476. The van der Waals surface area contributed by atoms with E-state index in [-0.39, 0.29) is 29.8 Å². The van der Waals surface area contributed by atoms with Gasteiger partial charge in [-0.3, -0.25) is 19.1 Å². The molecular formula is C21H30N4O3. The van der Waals surface area contributed by atoms with Crippen molar-refractivity contribution in [3.05, 3.63) is 56.7 Å². The van der Waals surface area contributed by atoms with Crippen molar-refractivity contribution in [2.75, 3.05) is 17.2 Å². The molecule has 1 aromatic heterocycles. The molecule has 0 bridgehead atoms. The predicted octanol–water partition coefficient (Wildman–Crippen LogP) is 2.86. The van der Waals surface area contributed by atoms with Gasteiger partial charge in [0.1, 0.15) is 5.82 Å². The summed E-state index contributed by atoms with van der Waals surface area (Å²) in [6, 6.07) is 9.78. The van der Waals surface area contributed by atoms with Crippen molar-refractivity contribution in [3.8, 4) is 0 Å². The fourth-order valence-electron chi connectivity index (χ4n) is 3.23. The smallest absolute Gasteiger partial charge is 0.330 e. The number of hydrogen-bond donors (Lipinski definition) is 2. The maximum absolute atomic E-state index is 13.1. The molecule has 28 heavy (non-hydrogen) atoms. The van der Waals surface area contributed by atoms with Crippen molar-refractivity contribution in [1.29, 1.82) is 0 Å². The molecule has 7 nitrogen and oxygen atoms in total. The quantitative estimate of drug-likeness (QED) is 0.692. The van der Waals surface area contributed by atoms with Crippen molar-refractivity contribution < 1.29 is 4.79 Å². The van der Waals surface area contributed by atoms with Crippen molar-refractivity contribution >= 4 is 17.4 Å². The second-order valence-corrected chi connectivity index (χ2v) is 7.06. The number of nitrogens with one attached hydrogen (secondary N) is 1. The van der Waals surface area contributed by atoms with Gasteiger partial charge in [-0.25, -0.2) is 4.79 Å². The summed E-state index contributed by atoms with van der Waals surface area (Å²) in [4.78, 5) is 41.5. The van der Waals surface area contributed by atoms with E-state index in [4.69, 9.17) is 5.73 Å². The maximum atomic E-state index is 13.1. The molecule has 0 fully saturated rings. The zero-order chi connectivity index (χ0) is 20.7. The highest BCUT2D eigenvalue weighted by molar-refractivity contribution is 5.96. The number of anilines is 2. The first-order chi connectivity index (χ1) is 13.4. The number of aromatic amines is 1. The van der Waals surface area contributed by atoms with Crippen LogP contribution in [0.5, 0.6) is 0 Å². The molecule has 0 saturated carbocycles. The van der Waals surface area contributed by atoms with Gasteiger partial charge in [-0.05, 0) is 24.3 Å². The number of nitrogen functional groups attached to an aromatic ring is 1. The van der Waals surface area contributed by atoms with Crippen LogP contribution in [0.4, 0.5) is 11.5 Å². The summed E-state index contributed by atoms with van der Waals surface area (Å²) in [6.45, 7) is 6.68. The average Bonchev–Trinajstić information content (AvgIpc) is 2.68. The van der Waals surface area contributed by atoms with E-state index in [1.54, 1.807) is 0 Å². The Bertz CT molecular complexity index is 902. The molecule has 3 N–H and O–H groups in total. The number of carbonyl (C=O) groups excluding carboxylic acids is 1. The van der Waals surface area contributed by atoms with Gasteiger partial charge < -0.3 is 10.6 Å². The van der Waals surface area contributed by atoms with Crippen LogP contribution < -0.4 is 21.9 Å². The molecule has 0 radical (unpaired) electrons. The van der Waals surface area contributed by atoms with E-state index in [1.165, 1.54) is 9.47 Å².